The predicted octanol–water partition coefficient (Wildman–Crippen LogP) is 0.642. The molecule has 0 aromatic carbocycles. The highest BCUT2D eigenvalue weighted by molar-refractivity contribution is 8.07. The minimum absolute atomic E-state index is 0.0794. The number of nitrogens with one attached hydrogen (secondary N) is 1. The molecule has 224 valence electrons. The Bertz CT molecular complexity index is 1860. The van der Waals surface area contributed by atoms with Crippen LogP contribution in [0.1, 0.15) is 34.7 Å². The molecule has 6 heterocycles. The highest BCUT2D eigenvalue weighted by Crippen LogP contribution is 2.51. The molecule has 0 aliphatic carbocycles. The van der Waals surface area contributed by atoms with Gasteiger partial charge in [0.2, 0.25) is 5.91 Å². The number of imidazole rings is 2. The molecule has 1 saturated heterocycles. The summed E-state index contributed by atoms with van der Waals surface area (Å²) in [6.45, 7) is -6.48. The minimum Gasteiger partial charge on any atom is -0.366 e. The van der Waals surface area contributed by atoms with Gasteiger partial charge in [0.1, 0.15) is 29.9 Å². The average molecular weight is 659 g/mol. The van der Waals surface area contributed by atoms with Crippen LogP contribution in [0.25, 0.3) is 22.3 Å². The van der Waals surface area contributed by atoms with E-state index in [0.29, 0.717) is 17.0 Å². The number of hydrogen-bond acceptors (Lipinski definition) is 13. The molecule has 4 aromatic rings. The van der Waals surface area contributed by atoms with Crippen molar-refractivity contribution in [3.05, 3.63) is 46.2 Å². The minimum atomic E-state index is -3.94. The Labute approximate surface area is 246 Å². The molecule has 2 aliphatic rings. The van der Waals surface area contributed by atoms with Gasteiger partial charge in [0.15, 0.2) is 23.0 Å². The van der Waals surface area contributed by atoms with Crippen molar-refractivity contribution in [1.82, 2.24) is 34.1 Å². The number of H-pyrrole nitrogens is 1. The number of aryl methyl sites for hydroxylation is 1. The molecule has 2 bridgehead atoms. The van der Waals surface area contributed by atoms with Crippen molar-refractivity contribution in [1.29, 1.82) is 0 Å². The third-order valence-electron chi connectivity index (χ3n) is 6.54. The van der Waals surface area contributed by atoms with Crippen LogP contribution in [0.5, 0.6) is 0 Å². The van der Waals surface area contributed by atoms with E-state index in [1.54, 1.807) is 11.5 Å². The number of ether oxygens (including phenoxy) is 1. The van der Waals surface area contributed by atoms with Crippen LogP contribution in [-0.4, -0.2) is 75.2 Å². The Hall–Kier alpha value is -2.54. The summed E-state index contributed by atoms with van der Waals surface area (Å²) in [5, 5.41) is 0. The maximum absolute atomic E-state index is 12.4. The number of primary amides is 1. The zero-order valence-corrected chi connectivity index (χ0v) is 25.1. The van der Waals surface area contributed by atoms with E-state index in [0.717, 1.165) is 0 Å². The number of aromatic nitrogens is 7. The summed E-state index contributed by atoms with van der Waals surface area (Å²) in [6, 6.07) is 1.46. The van der Waals surface area contributed by atoms with Crippen molar-refractivity contribution in [3.8, 4) is 0 Å². The van der Waals surface area contributed by atoms with Gasteiger partial charge in [-0.15, -0.1) is 0 Å². The molecular formula is C21H24N8O9P2S2. The Morgan fingerprint density at radius 2 is 1.98 bits per heavy atom. The number of carbonyl (C=O) groups excluding carboxylic acids is 1. The first-order valence-electron chi connectivity index (χ1n) is 12.4. The fourth-order valence-electron chi connectivity index (χ4n) is 4.73. The van der Waals surface area contributed by atoms with Gasteiger partial charge in [-0.25, -0.2) is 19.9 Å². The fraction of sp³-hybridized carbons (Fsp3) is 0.429. The molecule has 0 radical (unpaired) electrons. The van der Waals surface area contributed by atoms with Gasteiger partial charge in [0, 0.05) is 19.2 Å². The van der Waals surface area contributed by atoms with Gasteiger partial charge in [0.05, 0.1) is 31.2 Å². The molecule has 1 fully saturated rings. The van der Waals surface area contributed by atoms with E-state index in [-0.39, 0.29) is 55.3 Å². The largest absolute Gasteiger partial charge is 0.366 e. The number of carbonyl (C=O) groups is 1. The van der Waals surface area contributed by atoms with E-state index in [4.69, 9.17) is 52.2 Å². The van der Waals surface area contributed by atoms with E-state index in [2.05, 4.69) is 24.9 Å². The maximum Gasteiger partial charge on any atom is 0.325 e. The Kier molecular flexibility index (Phi) is 7.86. The monoisotopic (exact) mass is 658 g/mol. The molecule has 1 amide bonds. The van der Waals surface area contributed by atoms with E-state index < -0.39 is 43.3 Å². The molecule has 0 saturated carbocycles. The van der Waals surface area contributed by atoms with Crippen LogP contribution in [0.2, 0.25) is 0 Å². The summed E-state index contributed by atoms with van der Waals surface area (Å²) in [5.41, 5.74) is 6.09. The normalized spacial score (nSPS) is 29.3. The number of nitrogens with zero attached hydrogens (tertiary/aromatic N) is 6. The molecule has 0 spiro atoms. The molecule has 2 unspecified atom stereocenters. The lowest BCUT2D eigenvalue weighted by Gasteiger charge is -2.24. The van der Waals surface area contributed by atoms with Crippen molar-refractivity contribution in [2.45, 2.75) is 44.9 Å². The van der Waals surface area contributed by atoms with Crippen LogP contribution in [0.3, 0.4) is 0 Å². The third kappa shape index (κ3) is 5.95. The number of pyridine rings is 1. The quantitative estimate of drug-likeness (QED) is 0.217. The van der Waals surface area contributed by atoms with Crippen LogP contribution < -0.4 is 11.3 Å². The second kappa shape index (κ2) is 11.2. The lowest BCUT2D eigenvalue weighted by molar-refractivity contribution is -0.0454. The van der Waals surface area contributed by atoms with Crippen LogP contribution in [-0.2, 0) is 59.6 Å². The van der Waals surface area contributed by atoms with E-state index in [1.165, 1.54) is 23.2 Å². The molecule has 5 atom stereocenters. The second-order valence-corrected chi connectivity index (χ2v) is 15.1. The summed E-state index contributed by atoms with van der Waals surface area (Å²) < 4.78 is 31.9. The molecular weight excluding hydrogens is 634 g/mol. The zero-order valence-electron chi connectivity index (χ0n) is 21.7. The third-order valence-corrected chi connectivity index (χ3v) is 9.72. The van der Waals surface area contributed by atoms with Crippen molar-refractivity contribution in [2.24, 2.45) is 5.73 Å². The van der Waals surface area contributed by atoms with Gasteiger partial charge < -0.3 is 47.9 Å². The Morgan fingerprint density at radius 1 is 1.17 bits per heavy atom. The summed E-state index contributed by atoms with van der Waals surface area (Å²) >= 11 is 10.5. The summed E-state index contributed by atoms with van der Waals surface area (Å²) in [5.74, 6) is -0.0551. The molecule has 42 heavy (non-hydrogen) atoms. The number of fused-ring (bicyclic) bond motifs is 6. The molecule has 2 aliphatic heterocycles. The summed E-state index contributed by atoms with van der Waals surface area (Å²) in [7, 11) is 0. The highest BCUT2D eigenvalue weighted by Gasteiger charge is 2.42. The molecule has 5 N–H and O–H groups in total. The van der Waals surface area contributed by atoms with Gasteiger partial charge >= 0.3 is 13.4 Å². The standard InChI is InChI=1S/C21H24N8O9P2S2/c1-10-25-19-16(20(31)26-10)24-9-29(19)21-14-5-12(37-21)7-35-39(32,41)34-3-2-28-15(8-36-40(33,42)38-14)27-13-4-11(17(22)30)6-23-18(13)28/h4,6,9,12,14,21H,2-3,5,7-8H2,1H3,(H2,22,30)(H,32,41)(H,33,42)(H,25,26,31)/t12-,14+,21+,39?,40?/m0/s1. The first-order chi connectivity index (χ1) is 19.9. The van der Waals surface area contributed by atoms with Crippen molar-refractivity contribution in [2.75, 3.05) is 13.2 Å². The Morgan fingerprint density at radius 3 is 2.76 bits per heavy atom. The molecule has 21 heteroatoms. The zero-order chi connectivity index (χ0) is 29.8. The SMILES string of the molecule is Cc1nc2c(ncn2[C@@H]2O[C@@H]3COP(O)(=S)OCCn4c(nc5cc(C(N)=O)cnc54)COP(O)(=S)O[C@@H]2C3)c(=O)[nH]1. The van der Waals surface area contributed by atoms with Crippen molar-refractivity contribution in [3.63, 3.8) is 0 Å². The topological polar surface area (TPSA) is 224 Å². The van der Waals surface area contributed by atoms with Crippen LogP contribution >= 0.6 is 13.4 Å². The van der Waals surface area contributed by atoms with E-state index in [9.17, 15) is 19.4 Å². The number of amides is 1. The summed E-state index contributed by atoms with van der Waals surface area (Å²) in [4.78, 5) is 65.7. The van der Waals surface area contributed by atoms with Crippen molar-refractivity contribution >= 4 is 65.3 Å². The predicted molar refractivity (Wildman–Crippen MR) is 152 cm³/mol. The van der Waals surface area contributed by atoms with Crippen molar-refractivity contribution < 1.29 is 37.4 Å². The number of hydrogen-bond donors (Lipinski definition) is 4. The van der Waals surface area contributed by atoms with Gasteiger partial charge in [-0.3, -0.25) is 14.2 Å². The summed E-state index contributed by atoms with van der Waals surface area (Å²) in [6.07, 6.45) is 0.267. The fourth-order valence-corrected chi connectivity index (χ4v) is 7.24. The maximum atomic E-state index is 12.4. The average Bonchev–Trinajstić information content (AvgIpc) is 3.60. The van der Waals surface area contributed by atoms with Gasteiger partial charge in [0.25, 0.3) is 5.56 Å². The smallest absolute Gasteiger partial charge is 0.325 e. The molecule has 6 rings (SSSR count). The lowest BCUT2D eigenvalue weighted by atomic mass is 10.2. The lowest BCUT2D eigenvalue weighted by Crippen LogP contribution is -2.23. The van der Waals surface area contributed by atoms with Crippen LogP contribution in [0.15, 0.2) is 23.4 Å². The van der Waals surface area contributed by atoms with Gasteiger partial charge in [-0.05, 0) is 36.6 Å². The van der Waals surface area contributed by atoms with Crippen LogP contribution in [0, 0.1) is 6.92 Å². The van der Waals surface area contributed by atoms with Gasteiger partial charge in [-0.2, -0.15) is 0 Å². The van der Waals surface area contributed by atoms with E-state index in [1.807, 2.05) is 0 Å². The number of rotatable bonds is 2. The second-order valence-electron chi connectivity index (χ2n) is 9.45. The van der Waals surface area contributed by atoms with Gasteiger partial charge in [-0.1, -0.05) is 0 Å². The molecule has 4 aromatic heterocycles. The first-order valence-corrected chi connectivity index (χ1v) is 17.6. The van der Waals surface area contributed by atoms with Crippen LogP contribution in [0.4, 0.5) is 0 Å². The van der Waals surface area contributed by atoms with E-state index >= 15 is 0 Å². The number of nitrogens with two attached hydrogens (primary N) is 1. The highest BCUT2D eigenvalue weighted by atomic mass is 32.5. The first kappa shape index (κ1) is 29.5. The number of aromatic amines is 1. The molecule has 17 nitrogen and oxygen atoms in total. The Balaban J connectivity index is 1.35.